The molecule has 0 aliphatic carbocycles. The Morgan fingerprint density at radius 2 is 2.14 bits per heavy atom. The van der Waals surface area contributed by atoms with Crippen LogP contribution in [0.1, 0.15) is 18.0 Å². The average molecular weight is 332 g/mol. The summed E-state index contributed by atoms with van der Waals surface area (Å²) in [6.45, 7) is 0. The number of carbonyl (C=O) groups is 1. The van der Waals surface area contributed by atoms with Crippen molar-refractivity contribution in [3.63, 3.8) is 0 Å². The molecule has 22 heavy (non-hydrogen) atoms. The van der Waals surface area contributed by atoms with Crippen molar-refractivity contribution in [1.29, 1.82) is 0 Å². The molecule has 0 fully saturated rings. The van der Waals surface area contributed by atoms with Crippen molar-refractivity contribution in [2.45, 2.75) is 12.5 Å². The van der Waals surface area contributed by atoms with E-state index in [1.54, 1.807) is 29.7 Å². The van der Waals surface area contributed by atoms with Gasteiger partial charge in [-0.3, -0.25) is 4.79 Å². The second-order valence-electron chi connectivity index (χ2n) is 4.82. The molecule has 1 unspecified atom stereocenters. The van der Waals surface area contributed by atoms with Gasteiger partial charge in [0, 0.05) is 12.4 Å². The first kappa shape index (κ1) is 14.8. The second-order valence-corrected chi connectivity index (χ2v) is 5.99. The Morgan fingerprint density at radius 1 is 1.32 bits per heavy atom. The van der Waals surface area contributed by atoms with Crippen LogP contribution in [0.5, 0.6) is 0 Å². The van der Waals surface area contributed by atoms with E-state index in [-0.39, 0.29) is 11.9 Å². The van der Waals surface area contributed by atoms with Gasteiger partial charge in [0.15, 0.2) is 0 Å². The Kier molecular flexibility index (Phi) is 4.56. The molecule has 3 heterocycles. The maximum Gasteiger partial charge on any atom is 0.226 e. The molecule has 3 aromatic rings. The van der Waals surface area contributed by atoms with Crippen LogP contribution in [0.4, 0.5) is 5.69 Å². The van der Waals surface area contributed by atoms with E-state index in [4.69, 9.17) is 11.6 Å². The van der Waals surface area contributed by atoms with Crippen molar-refractivity contribution >= 4 is 34.5 Å². The highest BCUT2D eigenvalue weighted by atomic mass is 35.5. The highest BCUT2D eigenvalue weighted by Gasteiger charge is 2.17. The molecule has 0 aliphatic rings. The van der Waals surface area contributed by atoms with Gasteiger partial charge in [-0.2, -0.15) is 11.3 Å². The molecule has 0 bridgehead atoms. The lowest BCUT2D eigenvalue weighted by molar-refractivity contribution is -0.116. The first-order chi connectivity index (χ1) is 10.7. The van der Waals surface area contributed by atoms with Crippen LogP contribution >= 0.6 is 22.9 Å². The van der Waals surface area contributed by atoms with Gasteiger partial charge in [-0.15, -0.1) is 0 Å². The van der Waals surface area contributed by atoms with Gasteiger partial charge in [-0.1, -0.05) is 11.6 Å². The number of thiophene rings is 1. The molecule has 0 aliphatic heterocycles. The van der Waals surface area contributed by atoms with Gasteiger partial charge >= 0.3 is 0 Å². The number of nitrogens with zero attached hydrogens (tertiary/aromatic N) is 2. The van der Waals surface area contributed by atoms with Crippen molar-refractivity contribution in [2.24, 2.45) is 0 Å². The zero-order valence-electron chi connectivity index (χ0n) is 11.6. The number of pyridine rings is 1. The number of amides is 1. The van der Waals surface area contributed by atoms with Crippen molar-refractivity contribution < 1.29 is 4.79 Å². The predicted octanol–water partition coefficient (Wildman–Crippen LogP) is 4.22. The summed E-state index contributed by atoms with van der Waals surface area (Å²) < 4.78 is 2.04. The first-order valence-corrected chi connectivity index (χ1v) is 8.10. The topological polar surface area (TPSA) is 46.9 Å². The summed E-state index contributed by atoms with van der Waals surface area (Å²) in [4.78, 5) is 16.3. The molecule has 0 spiro atoms. The van der Waals surface area contributed by atoms with Crippen LogP contribution in [0.2, 0.25) is 5.15 Å². The Labute approximate surface area is 137 Å². The zero-order chi connectivity index (χ0) is 15.4. The van der Waals surface area contributed by atoms with Crippen LogP contribution in [0.25, 0.3) is 0 Å². The molecule has 3 rings (SSSR count). The number of rotatable bonds is 5. The summed E-state index contributed by atoms with van der Waals surface area (Å²) in [5.74, 6) is -0.0611. The van der Waals surface area contributed by atoms with Gasteiger partial charge in [0.1, 0.15) is 5.15 Å². The Balaban J connectivity index is 1.73. The van der Waals surface area contributed by atoms with Crippen molar-refractivity contribution in [3.05, 3.63) is 70.4 Å². The summed E-state index contributed by atoms with van der Waals surface area (Å²) in [5, 5.41) is 7.35. The molecule has 3 aromatic heterocycles. The lowest BCUT2D eigenvalue weighted by Crippen LogP contribution is -2.19. The number of nitrogens with one attached hydrogen (secondary N) is 1. The maximum absolute atomic E-state index is 12.3. The highest BCUT2D eigenvalue weighted by Crippen LogP contribution is 2.25. The molecular formula is C16H14ClN3OS. The molecule has 6 heteroatoms. The quantitative estimate of drug-likeness (QED) is 0.712. The third-order valence-corrected chi connectivity index (χ3v) is 4.23. The fraction of sp³-hybridized carbons (Fsp3) is 0.125. The van der Waals surface area contributed by atoms with Crippen molar-refractivity contribution in [1.82, 2.24) is 9.55 Å². The monoisotopic (exact) mass is 331 g/mol. The molecule has 1 amide bonds. The van der Waals surface area contributed by atoms with Crippen LogP contribution in [0.3, 0.4) is 0 Å². The molecular weight excluding hydrogens is 318 g/mol. The smallest absolute Gasteiger partial charge is 0.226 e. The first-order valence-electron chi connectivity index (χ1n) is 6.78. The lowest BCUT2D eigenvalue weighted by atomic mass is 10.1. The number of hydrogen-bond donors (Lipinski definition) is 1. The van der Waals surface area contributed by atoms with E-state index < -0.39 is 0 Å². The van der Waals surface area contributed by atoms with Crippen LogP contribution in [-0.2, 0) is 4.79 Å². The van der Waals surface area contributed by atoms with Gasteiger partial charge in [0.05, 0.1) is 24.3 Å². The van der Waals surface area contributed by atoms with E-state index in [9.17, 15) is 4.79 Å². The van der Waals surface area contributed by atoms with Crippen molar-refractivity contribution in [2.75, 3.05) is 5.32 Å². The van der Waals surface area contributed by atoms with Crippen molar-refractivity contribution in [3.8, 4) is 0 Å². The third-order valence-electron chi connectivity index (χ3n) is 3.31. The molecule has 112 valence electrons. The minimum atomic E-state index is -0.0611. The Hall–Kier alpha value is -2.11. The standard InChI is InChI=1S/C16H14ClN3OS/c17-15-4-3-13(10-18-15)19-16(21)9-14(12-5-8-22-11-12)20-6-1-2-7-20/h1-8,10-11,14H,9H2,(H,19,21). The normalized spacial score (nSPS) is 12.0. The molecule has 1 atom stereocenters. The molecule has 0 aromatic carbocycles. The number of aromatic nitrogens is 2. The average Bonchev–Trinajstić information content (AvgIpc) is 3.21. The molecule has 0 saturated carbocycles. The number of hydrogen-bond acceptors (Lipinski definition) is 3. The van der Waals surface area contributed by atoms with Crippen LogP contribution in [0, 0.1) is 0 Å². The summed E-state index contributed by atoms with van der Waals surface area (Å²) in [6.07, 6.45) is 5.85. The van der Waals surface area contributed by atoms with Gasteiger partial charge < -0.3 is 9.88 Å². The van der Waals surface area contributed by atoms with E-state index in [1.165, 1.54) is 0 Å². The van der Waals surface area contributed by atoms with E-state index in [1.807, 2.05) is 40.5 Å². The Morgan fingerprint density at radius 3 is 2.77 bits per heavy atom. The minimum Gasteiger partial charge on any atom is -0.346 e. The van der Waals surface area contributed by atoms with Gasteiger partial charge in [-0.25, -0.2) is 4.98 Å². The number of anilines is 1. The maximum atomic E-state index is 12.3. The van der Waals surface area contributed by atoms with Gasteiger partial charge in [-0.05, 0) is 46.7 Å². The van der Waals surface area contributed by atoms with Gasteiger partial charge in [0.2, 0.25) is 5.91 Å². The Bertz CT molecular complexity index is 689. The summed E-state index contributed by atoms with van der Waals surface area (Å²) in [7, 11) is 0. The zero-order valence-corrected chi connectivity index (χ0v) is 13.2. The van der Waals surface area contributed by atoms with Crippen LogP contribution < -0.4 is 5.32 Å². The molecule has 0 radical (unpaired) electrons. The summed E-state index contributed by atoms with van der Waals surface area (Å²) >= 11 is 7.37. The van der Waals surface area contributed by atoms with E-state index >= 15 is 0 Å². The van der Waals surface area contributed by atoms with E-state index in [0.717, 1.165) is 5.56 Å². The van der Waals surface area contributed by atoms with Crippen LogP contribution in [-0.4, -0.2) is 15.5 Å². The molecule has 0 saturated heterocycles. The van der Waals surface area contributed by atoms with Gasteiger partial charge in [0.25, 0.3) is 0 Å². The SMILES string of the molecule is O=C(CC(c1ccsc1)n1cccc1)Nc1ccc(Cl)nc1. The highest BCUT2D eigenvalue weighted by molar-refractivity contribution is 7.08. The fourth-order valence-electron chi connectivity index (χ4n) is 2.25. The third kappa shape index (κ3) is 3.55. The largest absolute Gasteiger partial charge is 0.346 e. The predicted molar refractivity (Wildman–Crippen MR) is 89.4 cm³/mol. The summed E-state index contributed by atoms with van der Waals surface area (Å²) in [5.41, 5.74) is 1.77. The fourth-order valence-corrected chi connectivity index (χ4v) is 3.07. The molecule has 1 N–H and O–H groups in total. The number of carbonyl (C=O) groups excluding carboxylic acids is 1. The van der Waals surface area contributed by atoms with E-state index in [0.29, 0.717) is 17.3 Å². The minimum absolute atomic E-state index is 0.0125. The van der Waals surface area contributed by atoms with Crippen LogP contribution in [0.15, 0.2) is 59.7 Å². The number of halogens is 1. The van der Waals surface area contributed by atoms with E-state index in [2.05, 4.69) is 15.7 Å². The summed E-state index contributed by atoms with van der Waals surface area (Å²) in [6, 6.07) is 9.34. The molecule has 4 nitrogen and oxygen atoms in total. The lowest BCUT2D eigenvalue weighted by Gasteiger charge is -2.18. The second kappa shape index (κ2) is 6.77.